The van der Waals surface area contributed by atoms with Gasteiger partial charge in [-0.15, -0.1) is 0 Å². The number of benzene rings is 1. The van der Waals surface area contributed by atoms with E-state index < -0.39 is 5.95 Å². The molecule has 1 saturated heterocycles. The van der Waals surface area contributed by atoms with Gasteiger partial charge >= 0.3 is 0 Å². The van der Waals surface area contributed by atoms with Crippen LogP contribution < -0.4 is 0 Å². The molecule has 4 rings (SSSR count). The molecule has 1 amide bonds. The van der Waals surface area contributed by atoms with Crippen molar-refractivity contribution in [1.29, 1.82) is 0 Å². The highest BCUT2D eigenvalue weighted by Gasteiger charge is 2.43. The first-order valence-corrected chi connectivity index (χ1v) is 8.68. The Hall–Kier alpha value is -1.65. The van der Waals surface area contributed by atoms with Gasteiger partial charge in [0.05, 0.1) is 22.5 Å². The van der Waals surface area contributed by atoms with Gasteiger partial charge < -0.3 is 4.90 Å². The van der Waals surface area contributed by atoms with Gasteiger partial charge in [-0.05, 0) is 48.6 Å². The second kappa shape index (κ2) is 6.01. The van der Waals surface area contributed by atoms with E-state index in [4.69, 9.17) is 23.2 Å². The van der Waals surface area contributed by atoms with Crippen molar-refractivity contribution in [1.82, 2.24) is 9.88 Å². The first-order valence-electron chi connectivity index (χ1n) is 7.93. The smallest absolute Gasteiger partial charge is 0.227 e. The number of carbonyl (C=O) groups is 1. The van der Waals surface area contributed by atoms with Crippen molar-refractivity contribution < 1.29 is 9.18 Å². The van der Waals surface area contributed by atoms with Crippen molar-refractivity contribution in [3.8, 4) is 0 Å². The minimum Gasteiger partial charge on any atom is -0.332 e. The van der Waals surface area contributed by atoms with Crippen molar-refractivity contribution >= 4 is 29.1 Å². The molecule has 1 fully saturated rings. The molecule has 3 nitrogen and oxygen atoms in total. The monoisotopic (exact) mass is 364 g/mol. The maximum Gasteiger partial charge on any atom is 0.227 e. The number of rotatable bonds is 2. The largest absolute Gasteiger partial charge is 0.332 e. The van der Waals surface area contributed by atoms with E-state index in [1.807, 2.05) is 17.0 Å². The second-order valence-corrected chi connectivity index (χ2v) is 7.16. The van der Waals surface area contributed by atoms with Crippen molar-refractivity contribution in [2.45, 2.75) is 37.8 Å². The molecule has 0 radical (unpaired) electrons. The number of aromatic nitrogens is 1. The molecule has 24 heavy (non-hydrogen) atoms. The van der Waals surface area contributed by atoms with Gasteiger partial charge in [0.2, 0.25) is 11.9 Å². The molecule has 2 aliphatic rings. The topological polar surface area (TPSA) is 33.2 Å². The lowest BCUT2D eigenvalue weighted by atomic mass is 9.94. The van der Waals surface area contributed by atoms with Gasteiger partial charge in [-0.25, -0.2) is 4.98 Å². The van der Waals surface area contributed by atoms with Gasteiger partial charge in [0, 0.05) is 17.8 Å². The minimum atomic E-state index is -0.402. The lowest BCUT2D eigenvalue weighted by Crippen LogP contribution is -2.43. The Kier molecular flexibility index (Phi) is 3.97. The number of hydrogen-bond acceptors (Lipinski definition) is 2. The maximum atomic E-state index is 14.0. The van der Waals surface area contributed by atoms with E-state index in [0.717, 1.165) is 24.0 Å². The van der Waals surface area contributed by atoms with E-state index in [1.54, 1.807) is 12.1 Å². The molecular weight excluding hydrogens is 350 g/mol. The summed E-state index contributed by atoms with van der Waals surface area (Å²) >= 11 is 12.0. The zero-order valence-electron chi connectivity index (χ0n) is 12.8. The fourth-order valence-corrected chi connectivity index (χ4v) is 4.23. The van der Waals surface area contributed by atoms with Crippen molar-refractivity contribution in [2.24, 2.45) is 0 Å². The van der Waals surface area contributed by atoms with Crippen molar-refractivity contribution in [3.05, 3.63) is 63.1 Å². The molecule has 1 aromatic heterocycles. The van der Waals surface area contributed by atoms with Crippen LogP contribution in [0.4, 0.5) is 4.39 Å². The average Bonchev–Trinajstić information content (AvgIpc) is 2.87. The Morgan fingerprint density at radius 1 is 1.25 bits per heavy atom. The summed E-state index contributed by atoms with van der Waals surface area (Å²) in [4.78, 5) is 18.5. The summed E-state index contributed by atoms with van der Waals surface area (Å²) in [6, 6.07) is 7.08. The van der Waals surface area contributed by atoms with E-state index in [9.17, 15) is 9.18 Å². The Balaban J connectivity index is 1.61. The molecule has 2 aliphatic heterocycles. The number of carbonyl (C=O) groups excluding carboxylic acids is 1. The Labute approximate surface area is 149 Å². The molecule has 3 heterocycles. The van der Waals surface area contributed by atoms with Crippen LogP contribution in [0.1, 0.15) is 35.6 Å². The van der Waals surface area contributed by atoms with E-state index in [1.165, 1.54) is 6.20 Å². The lowest BCUT2D eigenvalue weighted by Gasteiger charge is -2.36. The fraction of sp³-hybridized carbons (Fsp3) is 0.333. The Bertz CT molecular complexity index is 827. The third-order valence-corrected chi connectivity index (χ3v) is 5.71. The van der Waals surface area contributed by atoms with Crippen LogP contribution in [0.5, 0.6) is 0 Å². The van der Waals surface area contributed by atoms with Gasteiger partial charge in [0.15, 0.2) is 0 Å². The highest BCUT2D eigenvalue weighted by molar-refractivity contribution is 6.42. The zero-order chi connectivity index (χ0) is 16.8. The number of amides is 1. The predicted molar refractivity (Wildman–Crippen MR) is 90.7 cm³/mol. The van der Waals surface area contributed by atoms with Crippen molar-refractivity contribution in [3.63, 3.8) is 0 Å². The first-order chi connectivity index (χ1) is 11.5. The van der Waals surface area contributed by atoms with E-state index in [0.29, 0.717) is 22.0 Å². The molecular formula is C18H15Cl2FN2O. The van der Waals surface area contributed by atoms with Crippen LogP contribution in [-0.4, -0.2) is 21.8 Å². The summed E-state index contributed by atoms with van der Waals surface area (Å²) in [6.07, 6.45) is 4.06. The second-order valence-electron chi connectivity index (χ2n) is 6.35. The minimum absolute atomic E-state index is 0.0451. The van der Waals surface area contributed by atoms with Gasteiger partial charge in [0.1, 0.15) is 0 Å². The van der Waals surface area contributed by atoms with E-state index >= 15 is 0 Å². The van der Waals surface area contributed by atoms with Gasteiger partial charge in [0.25, 0.3) is 0 Å². The Morgan fingerprint density at radius 3 is 2.88 bits per heavy atom. The molecule has 0 aliphatic carbocycles. The van der Waals surface area contributed by atoms with E-state index in [-0.39, 0.29) is 24.4 Å². The molecule has 0 unspecified atom stereocenters. The zero-order valence-corrected chi connectivity index (χ0v) is 14.3. The summed E-state index contributed by atoms with van der Waals surface area (Å²) < 4.78 is 14.0. The number of fused-ring (bicyclic) bond motifs is 4. The summed E-state index contributed by atoms with van der Waals surface area (Å²) in [5, 5.41) is 0.921. The van der Waals surface area contributed by atoms with Gasteiger partial charge in [-0.2, -0.15) is 4.39 Å². The molecule has 1 aromatic carbocycles. The van der Waals surface area contributed by atoms with Crippen LogP contribution in [-0.2, 0) is 17.6 Å². The number of halogens is 3. The molecule has 2 bridgehead atoms. The van der Waals surface area contributed by atoms with Crippen LogP contribution in [0.15, 0.2) is 30.5 Å². The van der Waals surface area contributed by atoms with Crippen LogP contribution in [0, 0.1) is 5.95 Å². The summed E-state index contributed by atoms with van der Waals surface area (Å²) in [5.74, 6) is -0.357. The van der Waals surface area contributed by atoms with Gasteiger partial charge in [-0.1, -0.05) is 29.3 Å². The molecule has 0 N–H and O–H groups in total. The van der Waals surface area contributed by atoms with E-state index in [2.05, 4.69) is 4.98 Å². The third kappa shape index (κ3) is 2.58. The average molecular weight is 365 g/mol. The molecule has 0 saturated carbocycles. The first kappa shape index (κ1) is 15.9. The van der Waals surface area contributed by atoms with Crippen molar-refractivity contribution in [2.75, 3.05) is 0 Å². The number of hydrogen-bond donors (Lipinski definition) is 0. The standard InChI is InChI=1S/C18H15Cl2FN2O/c19-14-3-1-10(7-15(14)20)8-17(24)23-11-2-4-16(23)12-5-6-22-18(21)13(12)9-11/h1,3,5-7,11,16H,2,4,8-9H2/t11-,16+/m1/s1. The third-order valence-electron chi connectivity index (χ3n) is 4.97. The summed E-state index contributed by atoms with van der Waals surface area (Å²) in [5.41, 5.74) is 2.41. The van der Waals surface area contributed by atoms with Gasteiger partial charge in [-0.3, -0.25) is 4.79 Å². The SMILES string of the molecule is O=C(Cc1ccc(Cl)c(Cl)c1)N1[C@@H]2CC[C@H]1c1ccnc(F)c1C2. The number of pyridine rings is 1. The summed E-state index contributed by atoms with van der Waals surface area (Å²) in [6.45, 7) is 0. The molecule has 6 heteroatoms. The lowest BCUT2D eigenvalue weighted by molar-refractivity contribution is -0.134. The highest BCUT2D eigenvalue weighted by Crippen LogP contribution is 2.44. The predicted octanol–water partition coefficient (Wildman–Crippen LogP) is 4.36. The molecule has 2 aromatic rings. The van der Waals surface area contributed by atoms with Crippen LogP contribution in [0.3, 0.4) is 0 Å². The van der Waals surface area contributed by atoms with Crippen LogP contribution in [0.25, 0.3) is 0 Å². The maximum absolute atomic E-state index is 14.0. The number of nitrogens with zero attached hydrogens (tertiary/aromatic N) is 2. The molecule has 2 atom stereocenters. The Morgan fingerprint density at radius 2 is 2.08 bits per heavy atom. The normalized spacial score (nSPS) is 21.7. The molecule has 124 valence electrons. The van der Waals surface area contributed by atoms with Crippen LogP contribution >= 0.6 is 23.2 Å². The fourth-order valence-electron chi connectivity index (χ4n) is 3.91. The highest BCUT2D eigenvalue weighted by atomic mass is 35.5. The molecule has 0 spiro atoms. The summed E-state index contributed by atoms with van der Waals surface area (Å²) in [7, 11) is 0. The quantitative estimate of drug-likeness (QED) is 0.741. The van der Waals surface area contributed by atoms with Crippen LogP contribution in [0.2, 0.25) is 10.0 Å².